The van der Waals surface area contributed by atoms with Gasteiger partial charge in [0.05, 0.1) is 0 Å². The Morgan fingerprint density at radius 3 is 2.53 bits per heavy atom. The van der Waals surface area contributed by atoms with Gasteiger partial charge < -0.3 is 10.4 Å². The fraction of sp³-hybridized carbons (Fsp3) is 0.867. The fourth-order valence-corrected chi connectivity index (χ4v) is 2.82. The van der Waals surface area contributed by atoms with Crippen LogP contribution in [-0.2, 0) is 0 Å². The van der Waals surface area contributed by atoms with Gasteiger partial charge in [0.1, 0.15) is 0 Å². The van der Waals surface area contributed by atoms with E-state index in [2.05, 4.69) is 18.8 Å². The van der Waals surface area contributed by atoms with Gasteiger partial charge in [-0.25, -0.2) is 0 Å². The van der Waals surface area contributed by atoms with Crippen LogP contribution in [0.5, 0.6) is 0 Å². The molecule has 1 atom stereocenters. The molecule has 1 rings (SSSR count). The molecule has 1 aliphatic rings. The smallest absolute Gasteiger partial charge is 0.0459 e. The highest BCUT2D eigenvalue weighted by Crippen LogP contribution is 2.24. The molecule has 0 aromatic rings. The summed E-state index contributed by atoms with van der Waals surface area (Å²) in [4.78, 5) is 0. The van der Waals surface area contributed by atoms with Crippen molar-refractivity contribution in [1.82, 2.24) is 5.32 Å². The molecule has 1 saturated carbocycles. The van der Waals surface area contributed by atoms with Crippen molar-refractivity contribution in [2.75, 3.05) is 6.61 Å². The maximum absolute atomic E-state index is 9.13. The van der Waals surface area contributed by atoms with Gasteiger partial charge in [-0.3, -0.25) is 0 Å². The molecule has 0 aromatic carbocycles. The second kappa shape index (κ2) is 8.71. The Bertz CT molecular complexity index is 197. The summed E-state index contributed by atoms with van der Waals surface area (Å²) in [5, 5.41) is 12.9. The molecule has 0 saturated heterocycles. The van der Waals surface area contributed by atoms with Crippen molar-refractivity contribution in [3.63, 3.8) is 0 Å². The number of rotatable bonds is 8. The Morgan fingerprint density at radius 2 is 2.00 bits per heavy atom. The molecule has 2 nitrogen and oxygen atoms in total. The van der Waals surface area contributed by atoms with E-state index in [0.29, 0.717) is 24.6 Å². The lowest BCUT2D eigenvalue weighted by Gasteiger charge is -2.31. The van der Waals surface area contributed by atoms with E-state index in [1.165, 1.54) is 44.9 Å². The average Bonchev–Trinajstić information content (AvgIpc) is 2.37. The summed E-state index contributed by atoms with van der Waals surface area (Å²) in [6, 6.07) is 1.34. The second-order valence-electron chi connectivity index (χ2n) is 5.42. The van der Waals surface area contributed by atoms with Gasteiger partial charge >= 0.3 is 0 Å². The zero-order valence-electron chi connectivity index (χ0n) is 11.3. The van der Waals surface area contributed by atoms with Gasteiger partial charge in [-0.1, -0.05) is 19.4 Å². The van der Waals surface area contributed by atoms with Crippen LogP contribution < -0.4 is 5.32 Å². The molecule has 17 heavy (non-hydrogen) atoms. The molecule has 2 heteroatoms. The van der Waals surface area contributed by atoms with E-state index in [0.717, 1.165) is 6.42 Å². The largest absolute Gasteiger partial charge is 0.396 e. The first-order valence-electron chi connectivity index (χ1n) is 7.27. The third-order valence-corrected chi connectivity index (χ3v) is 3.93. The van der Waals surface area contributed by atoms with Crippen LogP contribution in [0, 0.1) is 5.92 Å². The van der Waals surface area contributed by atoms with Crippen LogP contribution in [0.3, 0.4) is 0 Å². The summed E-state index contributed by atoms with van der Waals surface area (Å²) in [5.41, 5.74) is 0. The predicted molar refractivity (Wildman–Crippen MR) is 74.1 cm³/mol. The number of hydrogen-bond donors (Lipinski definition) is 2. The summed E-state index contributed by atoms with van der Waals surface area (Å²) in [6.45, 7) is 6.44. The van der Waals surface area contributed by atoms with Gasteiger partial charge in [-0.05, 0) is 50.9 Å². The van der Waals surface area contributed by atoms with Crippen LogP contribution in [0.2, 0.25) is 0 Å². The Balaban J connectivity index is 2.26. The predicted octanol–water partition coefficient (Wildman–Crippen LogP) is 3.26. The van der Waals surface area contributed by atoms with Gasteiger partial charge in [0.2, 0.25) is 0 Å². The standard InChI is InChI=1S/C15H29NO/c1-3-5-7-14(6-4-2)16-15-10-8-13(12-17)9-11-15/h3,13-17H,1,4-12H2,2H3. The van der Waals surface area contributed by atoms with E-state index in [4.69, 9.17) is 5.11 Å². The van der Waals surface area contributed by atoms with Crippen molar-refractivity contribution in [2.24, 2.45) is 5.92 Å². The van der Waals surface area contributed by atoms with Crippen LogP contribution >= 0.6 is 0 Å². The Morgan fingerprint density at radius 1 is 1.29 bits per heavy atom. The lowest BCUT2D eigenvalue weighted by molar-refractivity contribution is 0.170. The summed E-state index contributed by atoms with van der Waals surface area (Å²) >= 11 is 0. The van der Waals surface area contributed by atoms with Crippen LogP contribution in [-0.4, -0.2) is 23.8 Å². The molecule has 0 bridgehead atoms. The number of nitrogens with one attached hydrogen (secondary N) is 1. The molecule has 0 heterocycles. The Hall–Kier alpha value is -0.340. The van der Waals surface area contributed by atoms with E-state index in [-0.39, 0.29) is 0 Å². The van der Waals surface area contributed by atoms with Crippen LogP contribution in [0.25, 0.3) is 0 Å². The molecule has 0 aliphatic heterocycles. The molecular weight excluding hydrogens is 210 g/mol. The minimum absolute atomic E-state index is 0.377. The van der Waals surface area contributed by atoms with E-state index in [9.17, 15) is 0 Å². The van der Waals surface area contributed by atoms with E-state index in [1.807, 2.05) is 6.08 Å². The highest BCUT2D eigenvalue weighted by atomic mass is 16.3. The van der Waals surface area contributed by atoms with Gasteiger partial charge in [0.25, 0.3) is 0 Å². The van der Waals surface area contributed by atoms with Crippen molar-refractivity contribution in [3.05, 3.63) is 12.7 Å². The lowest BCUT2D eigenvalue weighted by atomic mass is 9.86. The third-order valence-electron chi connectivity index (χ3n) is 3.93. The number of hydrogen-bond acceptors (Lipinski definition) is 2. The van der Waals surface area contributed by atoms with Gasteiger partial charge in [-0.15, -0.1) is 6.58 Å². The lowest BCUT2D eigenvalue weighted by Crippen LogP contribution is -2.40. The highest BCUT2D eigenvalue weighted by molar-refractivity contribution is 4.81. The molecule has 1 fully saturated rings. The zero-order valence-corrected chi connectivity index (χ0v) is 11.3. The SMILES string of the molecule is C=CCCC(CCC)NC1CCC(CO)CC1. The molecular formula is C15H29NO. The van der Waals surface area contributed by atoms with Crippen molar-refractivity contribution in [1.29, 1.82) is 0 Å². The summed E-state index contributed by atoms with van der Waals surface area (Å²) in [7, 11) is 0. The maximum Gasteiger partial charge on any atom is 0.0459 e. The van der Waals surface area contributed by atoms with Gasteiger partial charge in [0.15, 0.2) is 0 Å². The van der Waals surface area contributed by atoms with E-state index >= 15 is 0 Å². The molecule has 1 aliphatic carbocycles. The molecule has 1 unspecified atom stereocenters. The number of aliphatic hydroxyl groups excluding tert-OH is 1. The molecule has 0 amide bonds. The monoisotopic (exact) mass is 239 g/mol. The number of allylic oxidation sites excluding steroid dienone is 1. The molecule has 0 radical (unpaired) electrons. The van der Waals surface area contributed by atoms with Crippen LogP contribution in [0.4, 0.5) is 0 Å². The number of aliphatic hydroxyl groups is 1. The first-order chi connectivity index (χ1) is 8.30. The topological polar surface area (TPSA) is 32.3 Å². The average molecular weight is 239 g/mol. The van der Waals surface area contributed by atoms with Crippen molar-refractivity contribution < 1.29 is 5.11 Å². The maximum atomic E-state index is 9.13. The molecule has 2 N–H and O–H groups in total. The first kappa shape index (κ1) is 14.7. The summed E-state index contributed by atoms with van der Waals surface area (Å²) in [5.74, 6) is 0.561. The van der Waals surface area contributed by atoms with E-state index in [1.54, 1.807) is 0 Å². The molecule has 0 spiro atoms. The van der Waals surface area contributed by atoms with Crippen molar-refractivity contribution >= 4 is 0 Å². The van der Waals surface area contributed by atoms with Crippen LogP contribution in [0.15, 0.2) is 12.7 Å². The summed E-state index contributed by atoms with van der Waals surface area (Å²) < 4.78 is 0. The Kier molecular flexibility index (Phi) is 7.54. The van der Waals surface area contributed by atoms with Crippen molar-refractivity contribution in [2.45, 2.75) is 70.4 Å². The Labute approximate surface area is 106 Å². The van der Waals surface area contributed by atoms with Crippen LogP contribution in [0.1, 0.15) is 58.3 Å². The second-order valence-corrected chi connectivity index (χ2v) is 5.42. The minimum atomic E-state index is 0.377. The van der Waals surface area contributed by atoms with Gasteiger partial charge in [0, 0.05) is 18.7 Å². The molecule has 100 valence electrons. The summed E-state index contributed by atoms with van der Waals surface area (Å²) in [6.07, 6.45) is 11.7. The third kappa shape index (κ3) is 5.69. The fourth-order valence-electron chi connectivity index (χ4n) is 2.82. The highest BCUT2D eigenvalue weighted by Gasteiger charge is 2.22. The van der Waals surface area contributed by atoms with Gasteiger partial charge in [-0.2, -0.15) is 0 Å². The quantitative estimate of drug-likeness (QED) is 0.637. The molecule has 0 aromatic heterocycles. The zero-order chi connectivity index (χ0) is 12.5. The van der Waals surface area contributed by atoms with Crippen molar-refractivity contribution in [3.8, 4) is 0 Å². The van der Waals surface area contributed by atoms with E-state index < -0.39 is 0 Å². The normalized spacial score (nSPS) is 26.7. The first-order valence-corrected chi connectivity index (χ1v) is 7.27. The minimum Gasteiger partial charge on any atom is -0.396 e.